The Morgan fingerprint density at radius 3 is 2.68 bits per heavy atom. The molecule has 1 aromatic carbocycles. The minimum Gasteiger partial charge on any atom is -0.461 e. The number of fused-ring (bicyclic) bond motifs is 4. The average Bonchev–Trinajstić information content (AvgIpc) is 3.00. The zero-order chi connectivity index (χ0) is 15.2. The summed E-state index contributed by atoms with van der Waals surface area (Å²) in [6, 6.07) is 6.08. The number of esters is 1. The van der Waals surface area contributed by atoms with Crippen molar-refractivity contribution in [3.05, 3.63) is 39.9 Å². The molecule has 5 rings (SSSR count). The van der Waals surface area contributed by atoms with Gasteiger partial charge in [-0.05, 0) is 56.9 Å². The molecule has 0 unspecified atom stereocenters. The first-order valence-corrected chi connectivity index (χ1v) is 8.84. The fraction of sp³-hybridized carbons (Fsp3) is 0.500. The van der Waals surface area contributed by atoms with Gasteiger partial charge in [-0.25, -0.2) is 4.79 Å². The molecule has 0 radical (unpaired) electrons. The molecule has 22 heavy (non-hydrogen) atoms. The number of hydrogen-bond donors (Lipinski definition) is 0. The van der Waals surface area contributed by atoms with E-state index < -0.39 is 0 Å². The number of ether oxygens (including phenoxy) is 1. The van der Waals surface area contributed by atoms with Crippen molar-refractivity contribution >= 4 is 27.5 Å². The van der Waals surface area contributed by atoms with Crippen molar-refractivity contribution in [1.29, 1.82) is 0 Å². The van der Waals surface area contributed by atoms with E-state index in [9.17, 15) is 4.79 Å². The molecule has 0 spiro atoms. The molecule has 3 saturated heterocycles. The van der Waals surface area contributed by atoms with Crippen LogP contribution >= 0.6 is 15.9 Å². The van der Waals surface area contributed by atoms with Gasteiger partial charge in [0.1, 0.15) is 0 Å². The predicted octanol–water partition coefficient (Wildman–Crippen LogP) is 3.42. The lowest BCUT2D eigenvalue weighted by Gasteiger charge is -2.47. The molecule has 2 bridgehead atoms. The Morgan fingerprint density at radius 2 is 1.95 bits per heavy atom. The van der Waals surface area contributed by atoms with E-state index in [0.717, 1.165) is 41.7 Å². The van der Waals surface area contributed by atoms with E-state index in [1.165, 1.54) is 24.8 Å². The molecule has 3 aliphatic heterocycles. The number of benzene rings is 1. The molecule has 4 heteroatoms. The highest BCUT2D eigenvalue weighted by atomic mass is 79.9. The second-order valence-corrected chi connectivity index (χ2v) is 7.62. The third kappa shape index (κ3) is 2.42. The van der Waals surface area contributed by atoms with Crippen LogP contribution in [0.15, 0.2) is 28.7 Å². The summed E-state index contributed by atoms with van der Waals surface area (Å²) in [6.45, 7) is 4.06. The van der Waals surface area contributed by atoms with Crippen molar-refractivity contribution in [2.45, 2.75) is 25.7 Å². The van der Waals surface area contributed by atoms with Gasteiger partial charge in [-0.1, -0.05) is 34.1 Å². The maximum absolute atomic E-state index is 12.6. The smallest absolute Gasteiger partial charge is 0.338 e. The molecule has 3 fully saturated rings. The molecule has 3 nitrogen and oxygen atoms in total. The van der Waals surface area contributed by atoms with Gasteiger partial charge < -0.3 is 9.64 Å². The van der Waals surface area contributed by atoms with Crippen molar-refractivity contribution < 1.29 is 9.53 Å². The molecular weight excluding hydrogens is 342 g/mol. The van der Waals surface area contributed by atoms with E-state index in [2.05, 4.69) is 26.9 Å². The van der Waals surface area contributed by atoms with E-state index >= 15 is 0 Å². The molecule has 0 aromatic heterocycles. The second-order valence-electron chi connectivity index (χ2n) is 6.76. The van der Waals surface area contributed by atoms with Crippen LogP contribution in [0.4, 0.5) is 0 Å². The van der Waals surface area contributed by atoms with Crippen LogP contribution in [0.3, 0.4) is 0 Å². The van der Waals surface area contributed by atoms with Crippen LogP contribution in [0.1, 0.15) is 30.4 Å². The van der Waals surface area contributed by atoms with Gasteiger partial charge in [-0.2, -0.15) is 0 Å². The monoisotopic (exact) mass is 361 g/mol. The van der Waals surface area contributed by atoms with Gasteiger partial charge in [-0.3, -0.25) is 0 Å². The number of hydrogen-bond acceptors (Lipinski definition) is 3. The molecule has 0 N–H and O–H groups in total. The van der Waals surface area contributed by atoms with Gasteiger partial charge in [0.15, 0.2) is 0 Å². The van der Waals surface area contributed by atoms with E-state index in [1.807, 2.05) is 18.2 Å². The van der Waals surface area contributed by atoms with Crippen molar-refractivity contribution in [3.63, 3.8) is 0 Å². The zero-order valence-corrected chi connectivity index (χ0v) is 14.2. The maximum Gasteiger partial charge on any atom is 0.338 e. The van der Waals surface area contributed by atoms with Crippen LogP contribution in [0.5, 0.6) is 0 Å². The molecule has 1 aliphatic carbocycles. The van der Waals surface area contributed by atoms with Gasteiger partial charge in [0.05, 0.1) is 12.2 Å². The maximum atomic E-state index is 12.6. The molecule has 0 atom stereocenters. The highest BCUT2D eigenvalue weighted by Gasteiger charge is 2.40. The van der Waals surface area contributed by atoms with Crippen molar-refractivity contribution in [1.82, 2.24) is 4.90 Å². The summed E-state index contributed by atoms with van der Waals surface area (Å²) in [6.07, 6.45) is 6.32. The lowest BCUT2D eigenvalue weighted by Crippen LogP contribution is -2.50. The first-order chi connectivity index (χ1) is 10.7. The van der Waals surface area contributed by atoms with E-state index in [4.69, 9.17) is 4.74 Å². The quantitative estimate of drug-likeness (QED) is 0.772. The standard InChI is InChI=1S/C18H20BrNO2/c19-15-3-1-2-13-4-5-14(16(13)15)17(21)22-12-18-6-9-20(10-7-18)11-8-18/h1-3,5H,4,6-12H2. The molecule has 116 valence electrons. The molecular formula is C18H20BrNO2. The van der Waals surface area contributed by atoms with Crippen LogP contribution in [0, 0.1) is 5.41 Å². The Balaban J connectivity index is 1.46. The van der Waals surface area contributed by atoms with Gasteiger partial charge in [-0.15, -0.1) is 0 Å². The lowest BCUT2D eigenvalue weighted by atomic mass is 9.73. The van der Waals surface area contributed by atoms with Gasteiger partial charge in [0, 0.05) is 15.5 Å². The molecule has 1 aromatic rings. The summed E-state index contributed by atoms with van der Waals surface area (Å²) in [5, 5.41) is 0. The SMILES string of the molecule is O=C(OCC12CCN(CC1)CC2)C1=CCc2cccc(Br)c21. The van der Waals surface area contributed by atoms with Crippen LogP contribution in [-0.4, -0.2) is 37.1 Å². The summed E-state index contributed by atoms with van der Waals surface area (Å²) in [5.41, 5.74) is 3.18. The lowest BCUT2D eigenvalue weighted by molar-refractivity contribution is -0.143. The summed E-state index contributed by atoms with van der Waals surface area (Å²) < 4.78 is 6.73. The van der Waals surface area contributed by atoms with Gasteiger partial charge in [0.2, 0.25) is 0 Å². The Morgan fingerprint density at radius 1 is 1.23 bits per heavy atom. The predicted molar refractivity (Wildman–Crippen MR) is 89.5 cm³/mol. The zero-order valence-electron chi connectivity index (χ0n) is 12.6. The summed E-state index contributed by atoms with van der Waals surface area (Å²) in [4.78, 5) is 15.1. The average molecular weight is 362 g/mol. The first kappa shape index (κ1) is 14.5. The topological polar surface area (TPSA) is 29.5 Å². The number of piperidine rings is 3. The molecule has 0 saturated carbocycles. The van der Waals surface area contributed by atoms with Crippen LogP contribution in [-0.2, 0) is 16.0 Å². The Kier molecular flexibility index (Phi) is 3.61. The number of nitrogens with zero attached hydrogens (tertiary/aromatic N) is 1. The highest BCUT2D eigenvalue weighted by Crippen LogP contribution is 2.41. The Bertz CT molecular complexity index is 631. The third-order valence-electron chi connectivity index (χ3n) is 5.50. The first-order valence-electron chi connectivity index (χ1n) is 8.04. The number of halogens is 1. The fourth-order valence-electron chi connectivity index (χ4n) is 3.95. The van der Waals surface area contributed by atoms with E-state index in [1.54, 1.807) is 0 Å². The summed E-state index contributed by atoms with van der Waals surface area (Å²) >= 11 is 3.56. The van der Waals surface area contributed by atoms with Crippen molar-refractivity contribution in [2.24, 2.45) is 5.41 Å². The van der Waals surface area contributed by atoms with E-state index in [-0.39, 0.29) is 11.4 Å². The third-order valence-corrected chi connectivity index (χ3v) is 6.16. The largest absolute Gasteiger partial charge is 0.461 e. The minimum atomic E-state index is -0.159. The number of carbonyl (C=O) groups is 1. The van der Waals surface area contributed by atoms with Crippen LogP contribution in [0.2, 0.25) is 0 Å². The second kappa shape index (κ2) is 5.50. The Hall–Kier alpha value is -1.13. The normalized spacial score (nSPS) is 29.1. The van der Waals surface area contributed by atoms with Gasteiger partial charge in [0.25, 0.3) is 0 Å². The fourth-order valence-corrected chi connectivity index (χ4v) is 4.57. The highest BCUT2D eigenvalue weighted by molar-refractivity contribution is 9.10. The van der Waals surface area contributed by atoms with Crippen molar-refractivity contribution in [2.75, 3.05) is 26.2 Å². The molecule has 4 aliphatic rings. The van der Waals surface area contributed by atoms with Crippen LogP contribution in [0.25, 0.3) is 5.57 Å². The van der Waals surface area contributed by atoms with Crippen molar-refractivity contribution in [3.8, 4) is 0 Å². The minimum absolute atomic E-state index is 0.159. The summed E-state index contributed by atoms with van der Waals surface area (Å²) in [7, 11) is 0. The Labute approximate surface area is 139 Å². The number of rotatable bonds is 3. The summed E-state index contributed by atoms with van der Waals surface area (Å²) in [5.74, 6) is -0.159. The van der Waals surface area contributed by atoms with E-state index in [0.29, 0.717) is 6.61 Å². The van der Waals surface area contributed by atoms with Crippen LogP contribution < -0.4 is 0 Å². The number of carbonyl (C=O) groups excluding carboxylic acids is 1. The molecule has 3 heterocycles. The molecule has 0 amide bonds. The van der Waals surface area contributed by atoms with Gasteiger partial charge >= 0.3 is 5.97 Å². The number of allylic oxidation sites excluding steroid dienone is 1.